The third-order valence-electron chi connectivity index (χ3n) is 2.79. The van der Waals surface area contributed by atoms with Crippen molar-refractivity contribution < 1.29 is 19.1 Å². The van der Waals surface area contributed by atoms with Crippen molar-refractivity contribution in [3.05, 3.63) is 28.8 Å². The molecule has 0 atom stereocenters. The highest BCUT2D eigenvalue weighted by molar-refractivity contribution is 6.31. The van der Waals surface area contributed by atoms with Crippen molar-refractivity contribution in [1.82, 2.24) is 4.57 Å². The number of esters is 1. The van der Waals surface area contributed by atoms with Crippen LogP contribution >= 0.6 is 11.6 Å². The van der Waals surface area contributed by atoms with Crippen LogP contribution in [0.15, 0.2) is 18.2 Å². The number of halogens is 1. The van der Waals surface area contributed by atoms with Crippen LogP contribution in [-0.4, -0.2) is 22.2 Å². The highest BCUT2D eigenvalue weighted by Crippen LogP contribution is 2.34. The molecule has 2 rings (SSSR count). The highest BCUT2D eigenvalue weighted by Gasteiger charge is 2.25. The molecule has 0 radical (unpaired) electrons. The Morgan fingerprint density at radius 3 is 2.30 bits per heavy atom. The first-order chi connectivity index (χ1) is 9.32. The van der Waals surface area contributed by atoms with Crippen molar-refractivity contribution in [3.8, 4) is 5.88 Å². The molecular weight excluding hydrogens is 282 g/mol. The van der Waals surface area contributed by atoms with E-state index in [1.807, 2.05) is 0 Å². The number of rotatable bonds is 2. The lowest BCUT2D eigenvalue weighted by Gasteiger charge is -2.06. The van der Waals surface area contributed by atoms with Crippen molar-refractivity contribution >= 4 is 40.2 Å². The van der Waals surface area contributed by atoms with Gasteiger partial charge in [-0.1, -0.05) is 17.7 Å². The number of nitrogens with zero attached hydrogens (tertiary/aromatic N) is 1. The first-order valence-electron chi connectivity index (χ1n) is 5.87. The van der Waals surface area contributed by atoms with E-state index in [0.29, 0.717) is 15.9 Å². The first kappa shape index (κ1) is 14.3. The van der Waals surface area contributed by atoms with Gasteiger partial charge in [0, 0.05) is 24.3 Å². The molecule has 20 heavy (non-hydrogen) atoms. The number of ether oxygens (including phenoxy) is 1. The number of hydrogen-bond acceptors (Lipinski definition) is 4. The van der Waals surface area contributed by atoms with Crippen LogP contribution in [0.25, 0.3) is 10.9 Å². The lowest BCUT2D eigenvalue weighted by atomic mass is 10.1. The van der Waals surface area contributed by atoms with E-state index in [4.69, 9.17) is 16.3 Å². The van der Waals surface area contributed by atoms with Gasteiger partial charge in [0.1, 0.15) is 0 Å². The second-order valence-corrected chi connectivity index (χ2v) is 4.78. The minimum absolute atomic E-state index is 0.0604. The maximum Gasteiger partial charge on any atom is 0.309 e. The SMILES string of the molecule is CC(=O)Oc1c(C(C)=O)c2ccc(Cl)cc2n1C(C)=O. The zero-order valence-corrected chi connectivity index (χ0v) is 11.9. The Morgan fingerprint density at radius 2 is 1.80 bits per heavy atom. The normalized spacial score (nSPS) is 10.6. The van der Waals surface area contributed by atoms with Crippen LogP contribution in [0.5, 0.6) is 5.88 Å². The van der Waals surface area contributed by atoms with Crippen LogP contribution < -0.4 is 4.74 Å². The van der Waals surface area contributed by atoms with Gasteiger partial charge in [-0.3, -0.25) is 14.4 Å². The molecule has 1 heterocycles. The van der Waals surface area contributed by atoms with Gasteiger partial charge in [-0.25, -0.2) is 4.57 Å². The number of benzene rings is 1. The lowest BCUT2D eigenvalue weighted by molar-refractivity contribution is -0.132. The number of aromatic nitrogens is 1. The molecule has 0 aliphatic heterocycles. The zero-order valence-electron chi connectivity index (χ0n) is 11.2. The molecule has 0 unspecified atom stereocenters. The van der Waals surface area contributed by atoms with Gasteiger partial charge in [-0.15, -0.1) is 0 Å². The summed E-state index contributed by atoms with van der Waals surface area (Å²) in [4.78, 5) is 34.9. The van der Waals surface area contributed by atoms with Crippen molar-refractivity contribution in [2.75, 3.05) is 0 Å². The number of carbonyl (C=O) groups is 3. The summed E-state index contributed by atoms with van der Waals surface area (Å²) in [7, 11) is 0. The Labute approximate surface area is 120 Å². The van der Waals surface area contributed by atoms with E-state index < -0.39 is 5.97 Å². The number of carbonyl (C=O) groups excluding carboxylic acids is 3. The summed E-state index contributed by atoms with van der Waals surface area (Å²) in [5, 5.41) is 0.940. The molecule has 5 nitrogen and oxygen atoms in total. The summed E-state index contributed by atoms with van der Waals surface area (Å²) in [5.41, 5.74) is 0.633. The van der Waals surface area contributed by atoms with Gasteiger partial charge in [0.25, 0.3) is 0 Å². The van der Waals surface area contributed by atoms with Gasteiger partial charge in [-0.05, 0) is 19.1 Å². The largest absolute Gasteiger partial charge is 0.408 e. The summed E-state index contributed by atoms with van der Waals surface area (Å²) in [6.07, 6.45) is 0. The maximum atomic E-state index is 11.8. The minimum Gasteiger partial charge on any atom is -0.408 e. The van der Waals surface area contributed by atoms with E-state index >= 15 is 0 Å². The molecule has 0 saturated heterocycles. The second-order valence-electron chi connectivity index (χ2n) is 4.35. The van der Waals surface area contributed by atoms with Gasteiger partial charge in [0.05, 0.1) is 11.1 Å². The Morgan fingerprint density at radius 1 is 1.15 bits per heavy atom. The Balaban J connectivity index is 2.94. The number of hydrogen-bond donors (Lipinski definition) is 0. The van der Waals surface area contributed by atoms with Crippen molar-refractivity contribution in [2.24, 2.45) is 0 Å². The van der Waals surface area contributed by atoms with E-state index in [1.54, 1.807) is 18.2 Å². The highest BCUT2D eigenvalue weighted by atomic mass is 35.5. The van der Waals surface area contributed by atoms with Crippen molar-refractivity contribution in [2.45, 2.75) is 20.8 Å². The van der Waals surface area contributed by atoms with Crippen LogP contribution in [0.2, 0.25) is 5.02 Å². The zero-order chi connectivity index (χ0) is 15.0. The Bertz CT molecular complexity index is 745. The first-order valence-corrected chi connectivity index (χ1v) is 6.25. The number of ketones is 1. The van der Waals surface area contributed by atoms with E-state index in [-0.39, 0.29) is 23.1 Å². The second kappa shape index (κ2) is 5.09. The van der Waals surface area contributed by atoms with Gasteiger partial charge < -0.3 is 4.74 Å². The fraction of sp³-hybridized carbons (Fsp3) is 0.214. The molecule has 0 aliphatic rings. The molecule has 0 bridgehead atoms. The Kier molecular flexibility index (Phi) is 3.63. The van der Waals surface area contributed by atoms with Crippen LogP contribution in [0, 0.1) is 0 Å². The molecule has 0 amide bonds. The molecule has 1 aromatic heterocycles. The van der Waals surface area contributed by atoms with Crippen molar-refractivity contribution in [1.29, 1.82) is 0 Å². The predicted octanol–water partition coefficient (Wildman–Crippen LogP) is 3.08. The van der Waals surface area contributed by atoms with E-state index in [0.717, 1.165) is 0 Å². The lowest BCUT2D eigenvalue weighted by Crippen LogP contribution is -2.13. The fourth-order valence-electron chi connectivity index (χ4n) is 2.12. The molecule has 0 aliphatic carbocycles. The summed E-state index contributed by atoms with van der Waals surface area (Å²) < 4.78 is 6.24. The van der Waals surface area contributed by atoms with Gasteiger partial charge in [0.2, 0.25) is 11.8 Å². The maximum absolute atomic E-state index is 11.8. The molecule has 104 valence electrons. The monoisotopic (exact) mass is 293 g/mol. The van der Waals surface area contributed by atoms with Crippen LogP contribution in [0.1, 0.15) is 35.9 Å². The third-order valence-corrected chi connectivity index (χ3v) is 3.03. The van der Waals surface area contributed by atoms with Crippen LogP contribution in [0.4, 0.5) is 0 Å². The minimum atomic E-state index is -0.607. The van der Waals surface area contributed by atoms with Crippen LogP contribution in [0.3, 0.4) is 0 Å². The molecule has 2 aromatic rings. The fourth-order valence-corrected chi connectivity index (χ4v) is 2.29. The Hall–Kier alpha value is -2.14. The number of fused-ring (bicyclic) bond motifs is 1. The van der Waals surface area contributed by atoms with Gasteiger partial charge in [0.15, 0.2) is 5.78 Å². The third kappa shape index (κ3) is 2.32. The summed E-state index contributed by atoms with van der Waals surface area (Å²) in [5.74, 6) is -1.34. The smallest absolute Gasteiger partial charge is 0.309 e. The molecule has 0 spiro atoms. The van der Waals surface area contributed by atoms with Gasteiger partial charge in [-0.2, -0.15) is 0 Å². The summed E-state index contributed by atoms with van der Waals surface area (Å²) >= 11 is 5.92. The molecule has 0 N–H and O–H groups in total. The van der Waals surface area contributed by atoms with Crippen LogP contribution in [-0.2, 0) is 4.79 Å². The van der Waals surface area contributed by atoms with Gasteiger partial charge >= 0.3 is 5.97 Å². The average molecular weight is 294 g/mol. The summed E-state index contributed by atoms with van der Waals surface area (Å²) in [6.45, 7) is 3.87. The quantitative estimate of drug-likeness (QED) is 0.630. The van der Waals surface area contributed by atoms with E-state index in [2.05, 4.69) is 0 Å². The van der Waals surface area contributed by atoms with E-state index in [9.17, 15) is 14.4 Å². The molecular formula is C14H12ClNO4. The topological polar surface area (TPSA) is 65.4 Å². The molecule has 0 saturated carbocycles. The molecule has 1 aromatic carbocycles. The standard InChI is InChI=1S/C14H12ClNO4/c1-7(17)13-11-5-4-10(15)6-12(11)16(8(2)18)14(13)20-9(3)19/h4-6H,1-3H3. The number of Topliss-reactive ketones (excluding diaryl/α,β-unsaturated/α-hetero) is 1. The molecule has 0 fully saturated rings. The predicted molar refractivity (Wildman–Crippen MR) is 74.6 cm³/mol. The van der Waals surface area contributed by atoms with Crippen molar-refractivity contribution in [3.63, 3.8) is 0 Å². The average Bonchev–Trinajstić information content (AvgIpc) is 2.60. The van der Waals surface area contributed by atoms with E-state index in [1.165, 1.54) is 25.3 Å². The molecule has 6 heteroatoms. The summed E-state index contributed by atoms with van der Waals surface area (Å²) in [6, 6.07) is 4.79.